The van der Waals surface area contributed by atoms with E-state index in [0.29, 0.717) is 31.7 Å². The van der Waals surface area contributed by atoms with Crippen LogP contribution in [0.3, 0.4) is 0 Å². The molecule has 5 nitrogen and oxygen atoms in total. The van der Waals surface area contributed by atoms with Crippen molar-refractivity contribution in [1.29, 1.82) is 0 Å². The third kappa shape index (κ3) is 4.60. The smallest absolute Gasteiger partial charge is 0.422 e. The van der Waals surface area contributed by atoms with Crippen molar-refractivity contribution < 1.29 is 27.4 Å². The van der Waals surface area contributed by atoms with Crippen LogP contribution in [-0.2, 0) is 9.53 Å². The van der Waals surface area contributed by atoms with Gasteiger partial charge >= 0.3 is 6.18 Å². The topological polar surface area (TPSA) is 73.6 Å². The van der Waals surface area contributed by atoms with Gasteiger partial charge in [0.2, 0.25) is 5.91 Å². The van der Waals surface area contributed by atoms with Crippen molar-refractivity contribution in [2.45, 2.75) is 24.6 Å². The molecule has 0 saturated carbocycles. The number of anilines is 1. The minimum Gasteiger partial charge on any atom is -0.484 e. The summed E-state index contributed by atoms with van der Waals surface area (Å²) in [4.78, 5) is 12.2. The molecule has 122 valence electrons. The van der Waals surface area contributed by atoms with E-state index >= 15 is 0 Å². The zero-order chi connectivity index (χ0) is 16.2. The standard InChI is InChI=1S/C14H17F3N2O3/c15-14(16,17)9-22-11-3-1-10(2-4-11)19-12(20)13(18)5-7-21-8-6-13/h1-4H,5-9,18H2,(H,19,20). The summed E-state index contributed by atoms with van der Waals surface area (Å²) >= 11 is 0. The molecule has 1 heterocycles. The first kappa shape index (κ1) is 16.6. The Morgan fingerprint density at radius 3 is 2.41 bits per heavy atom. The predicted molar refractivity (Wildman–Crippen MR) is 73.6 cm³/mol. The molecule has 1 aliphatic heterocycles. The monoisotopic (exact) mass is 318 g/mol. The Bertz CT molecular complexity index is 511. The zero-order valence-corrected chi connectivity index (χ0v) is 11.8. The van der Waals surface area contributed by atoms with Crippen LogP contribution in [0.2, 0.25) is 0 Å². The molecule has 0 unspecified atom stereocenters. The molecule has 0 spiro atoms. The van der Waals surface area contributed by atoms with Crippen LogP contribution in [0.15, 0.2) is 24.3 Å². The van der Waals surface area contributed by atoms with Crippen LogP contribution in [0, 0.1) is 0 Å². The molecule has 0 bridgehead atoms. The summed E-state index contributed by atoms with van der Waals surface area (Å²) in [6.07, 6.45) is -3.54. The molecule has 2 rings (SSSR count). The van der Waals surface area contributed by atoms with Gasteiger partial charge in [-0.25, -0.2) is 0 Å². The predicted octanol–water partition coefficient (Wildman–Crippen LogP) is 2.07. The van der Waals surface area contributed by atoms with Gasteiger partial charge in [0.1, 0.15) is 11.3 Å². The highest BCUT2D eigenvalue weighted by Gasteiger charge is 2.35. The van der Waals surface area contributed by atoms with Gasteiger partial charge in [-0.3, -0.25) is 4.79 Å². The molecule has 1 saturated heterocycles. The molecule has 22 heavy (non-hydrogen) atoms. The number of hydrogen-bond donors (Lipinski definition) is 2. The summed E-state index contributed by atoms with van der Waals surface area (Å²) in [5, 5.41) is 2.65. The van der Waals surface area contributed by atoms with E-state index < -0.39 is 18.3 Å². The highest BCUT2D eigenvalue weighted by atomic mass is 19.4. The van der Waals surface area contributed by atoms with Crippen molar-refractivity contribution in [2.75, 3.05) is 25.1 Å². The molecule has 1 aromatic rings. The van der Waals surface area contributed by atoms with E-state index in [1.165, 1.54) is 24.3 Å². The van der Waals surface area contributed by atoms with E-state index in [4.69, 9.17) is 10.5 Å². The summed E-state index contributed by atoms with van der Waals surface area (Å²) in [6.45, 7) is -0.507. The van der Waals surface area contributed by atoms with E-state index in [2.05, 4.69) is 10.1 Å². The van der Waals surface area contributed by atoms with Crippen molar-refractivity contribution >= 4 is 11.6 Å². The fraction of sp³-hybridized carbons (Fsp3) is 0.500. The van der Waals surface area contributed by atoms with Crippen molar-refractivity contribution in [3.63, 3.8) is 0 Å². The number of carbonyl (C=O) groups is 1. The van der Waals surface area contributed by atoms with Crippen LogP contribution in [0.25, 0.3) is 0 Å². The number of ether oxygens (including phenoxy) is 2. The van der Waals surface area contributed by atoms with E-state index in [0.717, 1.165) is 0 Å². The van der Waals surface area contributed by atoms with Crippen molar-refractivity contribution in [3.05, 3.63) is 24.3 Å². The molecule has 1 fully saturated rings. The fourth-order valence-corrected chi connectivity index (χ4v) is 2.02. The van der Waals surface area contributed by atoms with Gasteiger partial charge in [-0.2, -0.15) is 13.2 Å². The van der Waals surface area contributed by atoms with Gasteiger partial charge in [0.05, 0.1) is 0 Å². The van der Waals surface area contributed by atoms with Crippen LogP contribution in [-0.4, -0.2) is 37.4 Å². The molecule has 0 aromatic heterocycles. The van der Waals surface area contributed by atoms with Crippen LogP contribution in [0.4, 0.5) is 18.9 Å². The highest BCUT2D eigenvalue weighted by molar-refractivity contribution is 5.98. The molecule has 1 aliphatic rings. The normalized spacial score (nSPS) is 17.8. The average molecular weight is 318 g/mol. The van der Waals surface area contributed by atoms with Crippen molar-refractivity contribution in [1.82, 2.24) is 0 Å². The van der Waals surface area contributed by atoms with Gasteiger partial charge in [0.15, 0.2) is 6.61 Å². The molecule has 1 amide bonds. The Kier molecular flexibility index (Phi) is 4.92. The summed E-state index contributed by atoms with van der Waals surface area (Å²) in [7, 11) is 0. The second-order valence-electron chi connectivity index (χ2n) is 5.15. The number of nitrogens with two attached hydrogens (primary N) is 1. The van der Waals surface area contributed by atoms with Gasteiger partial charge in [-0.05, 0) is 37.1 Å². The number of nitrogens with one attached hydrogen (secondary N) is 1. The Labute approximate surface area is 125 Å². The van der Waals surface area contributed by atoms with Gasteiger partial charge in [-0.15, -0.1) is 0 Å². The summed E-state index contributed by atoms with van der Waals surface area (Å²) < 4.78 is 45.9. The van der Waals surface area contributed by atoms with Crippen LogP contribution >= 0.6 is 0 Å². The number of carbonyl (C=O) groups excluding carboxylic acids is 1. The largest absolute Gasteiger partial charge is 0.484 e. The van der Waals surface area contributed by atoms with Crippen LogP contribution in [0.5, 0.6) is 5.75 Å². The molecular formula is C14H17F3N2O3. The lowest BCUT2D eigenvalue weighted by Gasteiger charge is -2.31. The van der Waals surface area contributed by atoms with E-state index in [9.17, 15) is 18.0 Å². The highest BCUT2D eigenvalue weighted by Crippen LogP contribution is 2.23. The van der Waals surface area contributed by atoms with Gasteiger partial charge in [0.25, 0.3) is 0 Å². The third-order valence-corrected chi connectivity index (χ3v) is 3.35. The third-order valence-electron chi connectivity index (χ3n) is 3.35. The first-order valence-electron chi connectivity index (χ1n) is 6.76. The molecule has 8 heteroatoms. The molecule has 0 radical (unpaired) electrons. The quantitative estimate of drug-likeness (QED) is 0.891. The number of halogens is 3. The lowest BCUT2D eigenvalue weighted by Crippen LogP contribution is -2.54. The number of alkyl halides is 3. The fourth-order valence-electron chi connectivity index (χ4n) is 2.02. The minimum atomic E-state index is -4.39. The Hall–Kier alpha value is -1.80. The van der Waals surface area contributed by atoms with E-state index in [1.54, 1.807) is 0 Å². The Morgan fingerprint density at radius 2 is 1.86 bits per heavy atom. The average Bonchev–Trinajstić information content (AvgIpc) is 2.46. The molecule has 0 atom stereocenters. The molecule has 1 aromatic carbocycles. The second kappa shape index (κ2) is 6.53. The first-order chi connectivity index (χ1) is 10.3. The number of benzene rings is 1. The lowest BCUT2D eigenvalue weighted by molar-refractivity contribution is -0.153. The zero-order valence-electron chi connectivity index (χ0n) is 11.8. The minimum absolute atomic E-state index is 0.0730. The van der Waals surface area contributed by atoms with Gasteiger partial charge in [-0.1, -0.05) is 0 Å². The van der Waals surface area contributed by atoms with Crippen LogP contribution in [0.1, 0.15) is 12.8 Å². The molecular weight excluding hydrogens is 301 g/mol. The molecule has 3 N–H and O–H groups in total. The number of rotatable bonds is 4. The van der Waals surface area contributed by atoms with E-state index in [-0.39, 0.29) is 11.7 Å². The second-order valence-corrected chi connectivity index (χ2v) is 5.15. The number of amides is 1. The maximum absolute atomic E-state index is 12.2. The Morgan fingerprint density at radius 1 is 1.27 bits per heavy atom. The molecule has 0 aliphatic carbocycles. The Balaban J connectivity index is 1.92. The number of hydrogen-bond acceptors (Lipinski definition) is 4. The maximum atomic E-state index is 12.2. The first-order valence-corrected chi connectivity index (χ1v) is 6.76. The van der Waals surface area contributed by atoms with Crippen molar-refractivity contribution in [2.24, 2.45) is 5.73 Å². The van der Waals surface area contributed by atoms with Crippen molar-refractivity contribution in [3.8, 4) is 5.75 Å². The maximum Gasteiger partial charge on any atom is 0.422 e. The summed E-state index contributed by atoms with van der Waals surface area (Å²) in [5.41, 5.74) is 5.50. The summed E-state index contributed by atoms with van der Waals surface area (Å²) in [6, 6.07) is 5.64. The van der Waals surface area contributed by atoms with Gasteiger partial charge in [0, 0.05) is 18.9 Å². The SMILES string of the molecule is NC1(C(=O)Nc2ccc(OCC(F)(F)F)cc2)CCOCC1. The van der Waals surface area contributed by atoms with Crippen LogP contribution < -0.4 is 15.8 Å². The lowest BCUT2D eigenvalue weighted by atomic mass is 9.90. The van der Waals surface area contributed by atoms with Gasteiger partial charge < -0.3 is 20.5 Å². The summed E-state index contributed by atoms with van der Waals surface area (Å²) in [5.74, 6) is -0.261. The van der Waals surface area contributed by atoms with E-state index in [1.807, 2.05) is 0 Å².